The van der Waals surface area contributed by atoms with Crippen molar-refractivity contribution in [2.24, 2.45) is 0 Å². The van der Waals surface area contributed by atoms with Crippen molar-refractivity contribution in [3.05, 3.63) is 65.2 Å². The summed E-state index contributed by atoms with van der Waals surface area (Å²) < 4.78 is 39.6. The lowest BCUT2D eigenvalue weighted by atomic mass is 10.1. The van der Waals surface area contributed by atoms with Gasteiger partial charge in [0.25, 0.3) is 0 Å². The van der Waals surface area contributed by atoms with Crippen LogP contribution in [-0.4, -0.2) is 19.7 Å². The molecule has 0 aliphatic heterocycles. The minimum atomic E-state index is -2.94. The van der Waals surface area contributed by atoms with Crippen LogP contribution in [0.3, 0.4) is 0 Å². The van der Waals surface area contributed by atoms with E-state index in [2.05, 4.69) is 4.74 Å². The summed E-state index contributed by atoms with van der Waals surface area (Å²) in [6.45, 7) is -2.94. The molecule has 6 heteroatoms. The topological polar surface area (TPSA) is 44.8 Å². The van der Waals surface area contributed by atoms with E-state index in [1.54, 1.807) is 6.07 Å². The van der Waals surface area contributed by atoms with Gasteiger partial charge in [-0.15, -0.1) is 0 Å². The van der Waals surface area contributed by atoms with Gasteiger partial charge in [0.2, 0.25) is 0 Å². The van der Waals surface area contributed by atoms with E-state index in [0.717, 1.165) is 18.4 Å². The summed E-state index contributed by atoms with van der Waals surface area (Å²) in [6.07, 6.45) is 4.27. The van der Waals surface area contributed by atoms with Gasteiger partial charge in [-0.05, 0) is 47.7 Å². The Balaban J connectivity index is 1.65. The maximum atomic E-state index is 12.3. The van der Waals surface area contributed by atoms with Crippen LogP contribution < -0.4 is 9.47 Å². The minimum absolute atomic E-state index is 0.0650. The van der Waals surface area contributed by atoms with Gasteiger partial charge < -0.3 is 14.2 Å². The van der Waals surface area contributed by atoms with Crippen LogP contribution in [0.15, 0.2) is 48.5 Å². The fourth-order valence-corrected chi connectivity index (χ4v) is 2.97. The third-order valence-corrected chi connectivity index (χ3v) is 4.15. The van der Waals surface area contributed by atoms with Crippen molar-refractivity contribution in [3.63, 3.8) is 0 Å². The zero-order valence-electron chi connectivity index (χ0n) is 14.2. The fourth-order valence-electron chi connectivity index (χ4n) is 2.97. The molecule has 0 saturated heterocycles. The number of ether oxygens (including phenoxy) is 3. The molecule has 1 aliphatic rings. The summed E-state index contributed by atoms with van der Waals surface area (Å²) in [4.78, 5) is 12.1. The predicted molar refractivity (Wildman–Crippen MR) is 92.3 cm³/mol. The predicted octanol–water partition coefficient (Wildman–Crippen LogP) is 4.54. The van der Waals surface area contributed by atoms with Gasteiger partial charge in [-0.2, -0.15) is 8.78 Å². The first kappa shape index (κ1) is 17.9. The van der Waals surface area contributed by atoms with E-state index < -0.39 is 12.6 Å². The molecule has 2 aromatic carbocycles. The molecule has 0 bridgehead atoms. The molecule has 0 N–H and O–H groups in total. The summed E-state index contributed by atoms with van der Waals surface area (Å²) in [6, 6.07) is 12.3. The monoisotopic (exact) mass is 360 g/mol. The van der Waals surface area contributed by atoms with Crippen LogP contribution in [-0.2, 0) is 16.0 Å². The Hall–Kier alpha value is -2.89. The summed E-state index contributed by atoms with van der Waals surface area (Å²) in [7, 11) is 1.35. The third-order valence-electron chi connectivity index (χ3n) is 4.15. The lowest BCUT2D eigenvalue weighted by molar-refractivity contribution is -0.143. The van der Waals surface area contributed by atoms with E-state index in [9.17, 15) is 13.6 Å². The zero-order valence-corrected chi connectivity index (χ0v) is 14.2. The number of hydrogen-bond donors (Lipinski definition) is 0. The van der Waals surface area contributed by atoms with Crippen LogP contribution in [0.2, 0.25) is 0 Å². The van der Waals surface area contributed by atoms with Gasteiger partial charge in [-0.3, -0.25) is 0 Å². The lowest BCUT2D eigenvalue weighted by Crippen LogP contribution is -2.06. The molecule has 0 unspecified atom stereocenters. The van der Waals surface area contributed by atoms with Gasteiger partial charge in [-0.25, -0.2) is 4.79 Å². The molecule has 1 aliphatic carbocycles. The summed E-state index contributed by atoms with van der Waals surface area (Å²) in [5.41, 5.74) is 2.85. The minimum Gasteiger partial charge on any atom is -0.493 e. The number of hydrogen-bond acceptors (Lipinski definition) is 4. The van der Waals surface area contributed by atoms with Crippen molar-refractivity contribution in [3.8, 4) is 11.5 Å². The average Bonchev–Trinajstić information content (AvgIpc) is 3.03. The van der Waals surface area contributed by atoms with Crippen molar-refractivity contribution < 1.29 is 27.8 Å². The molecule has 1 atom stereocenters. The molecule has 0 spiro atoms. The number of aryl methyl sites for hydroxylation is 1. The van der Waals surface area contributed by atoms with Crippen LogP contribution >= 0.6 is 0 Å². The van der Waals surface area contributed by atoms with Crippen LogP contribution in [0.4, 0.5) is 8.78 Å². The molecule has 0 aromatic heterocycles. The van der Waals surface area contributed by atoms with Crippen LogP contribution in [0, 0.1) is 0 Å². The molecule has 0 amide bonds. The Kier molecular flexibility index (Phi) is 5.51. The Morgan fingerprint density at radius 3 is 2.77 bits per heavy atom. The van der Waals surface area contributed by atoms with Gasteiger partial charge in [0.05, 0.1) is 7.11 Å². The third kappa shape index (κ3) is 4.20. The van der Waals surface area contributed by atoms with Gasteiger partial charge >= 0.3 is 12.6 Å². The van der Waals surface area contributed by atoms with Gasteiger partial charge in [0.15, 0.2) is 11.5 Å². The zero-order chi connectivity index (χ0) is 18.5. The Bertz CT molecular complexity index is 817. The Labute approximate surface area is 150 Å². The second-order valence-corrected chi connectivity index (χ2v) is 5.79. The highest BCUT2D eigenvalue weighted by Gasteiger charge is 2.24. The first-order chi connectivity index (χ1) is 12.6. The number of esters is 1. The first-order valence-electron chi connectivity index (χ1n) is 8.16. The molecule has 3 rings (SSSR count). The molecule has 136 valence electrons. The van der Waals surface area contributed by atoms with E-state index >= 15 is 0 Å². The quantitative estimate of drug-likeness (QED) is 0.560. The number of carbonyl (C=O) groups is 1. The van der Waals surface area contributed by atoms with Crippen LogP contribution in [0.5, 0.6) is 11.5 Å². The number of halogens is 2. The molecule has 26 heavy (non-hydrogen) atoms. The highest BCUT2D eigenvalue weighted by atomic mass is 19.3. The highest BCUT2D eigenvalue weighted by Crippen LogP contribution is 2.34. The number of carbonyl (C=O) groups excluding carboxylic acids is 1. The largest absolute Gasteiger partial charge is 0.493 e. The number of fused-ring (bicyclic) bond motifs is 1. The highest BCUT2D eigenvalue weighted by molar-refractivity contribution is 5.87. The average molecular weight is 360 g/mol. The number of methoxy groups -OCH3 is 1. The van der Waals surface area contributed by atoms with Crippen molar-refractivity contribution in [1.82, 2.24) is 0 Å². The molecule has 0 fully saturated rings. The van der Waals surface area contributed by atoms with Crippen LogP contribution in [0.25, 0.3) is 6.08 Å². The summed E-state index contributed by atoms with van der Waals surface area (Å²) in [5, 5.41) is 0. The number of rotatable bonds is 6. The molecule has 0 saturated carbocycles. The summed E-state index contributed by atoms with van der Waals surface area (Å²) >= 11 is 0. The van der Waals surface area contributed by atoms with Crippen molar-refractivity contribution >= 4 is 12.0 Å². The van der Waals surface area contributed by atoms with E-state index in [-0.39, 0.29) is 17.6 Å². The second-order valence-electron chi connectivity index (χ2n) is 5.79. The van der Waals surface area contributed by atoms with Crippen LogP contribution in [0.1, 0.15) is 29.2 Å². The number of alkyl halides is 2. The van der Waals surface area contributed by atoms with Gasteiger partial charge in [0.1, 0.15) is 6.10 Å². The molecule has 4 nitrogen and oxygen atoms in total. The standard InChI is InChI=1S/C20H18F2O4/c1-24-18-12-13(6-9-17(18)26-20(21)22)7-11-19(23)25-16-10-8-14-4-2-3-5-15(14)16/h2-7,9,11-12,16,20H,8,10H2,1H3/b11-7+/t16-/m1/s1. The Morgan fingerprint density at radius 1 is 1.19 bits per heavy atom. The number of benzene rings is 2. The van der Waals surface area contributed by atoms with E-state index in [1.165, 1.54) is 37.0 Å². The normalized spacial score (nSPS) is 15.9. The molecule has 2 aromatic rings. The molecule has 0 radical (unpaired) electrons. The van der Waals surface area contributed by atoms with Crippen molar-refractivity contribution in [1.29, 1.82) is 0 Å². The SMILES string of the molecule is COc1cc(/C=C/C(=O)O[C@@H]2CCc3ccccc32)ccc1OC(F)F. The van der Waals surface area contributed by atoms with Gasteiger partial charge in [-0.1, -0.05) is 30.3 Å². The maximum Gasteiger partial charge on any atom is 0.387 e. The van der Waals surface area contributed by atoms with Gasteiger partial charge in [0, 0.05) is 6.08 Å². The van der Waals surface area contributed by atoms with Crippen molar-refractivity contribution in [2.45, 2.75) is 25.6 Å². The van der Waals surface area contributed by atoms with E-state index in [0.29, 0.717) is 5.56 Å². The second kappa shape index (κ2) is 7.99. The smallest absolute Gasteiger partial charge is 0.387 e. The summed E-state index contributed by atoms with van der Waals surface area (Å²) in [5.74, 6) is -0.367. The van der Waals surface area contributed by atoms with E-state index in [1.807, 2.05) is 24.3 Å². The van der Waals surface area contributed by atoms with E-state index in [4.69, 9.17) is 9.47 Å². The first-order valence-corrected chi connectivity index (χ1v) is 8.16. The molecular formula is C20H18F2O4. The van der Waals surface area contributed by atoms with Crippen molar-refractivity contribution in [2.75, 3.05) is 7.11 Å². The lowest BCUT2D eigenvalue weighted by Gasteiger charge is -2.12. The molecule has 0 heterocycles. The maximum absolute atomic E-state index is 12.3. The Morgan fingerprint density at radius 2 is 2.00 bits per heavy atom. The fraction of sp³-hybridized carbons (Fsp3) is 0.250. The molecular weight excluding hydrogens is 342 g/mol.